The van der Waals surface area contributed by atoms with Crippen molar-refractivity contribution in [1.29, 1.82) is 0 Å². The molecule has 23 heavy (non-hydrogen) atoms. The SMILES string of the molecule is COC(=O)c1c(-c2ccccc2C(=O)O)nnc2ccccc12. The highest BCUT2D eigenvalue weighted by Crippen LogP contribution is 2.29. The summed E-state index contributed by atoms with van der Waals surface area (Å²) in [6.45, 7) is 0. The number of fused-ring (bicyclic) bond motifs is 1. The summed E-state index contributed by atoms with van der Waals surface area (Å²) in [5.74, 6) is -1.70. The van der Waals surface area contributed by atoms with Gasteiger partial charge in [-0.3, -0.25) is 0 Å². The third-order valence-electron chi connectivity index (χ3n) is 3.47. The Balaban J connectivity index is 2.39. The van der Waals surface area contributed by atoms with Crippen LogP contribution in [-0.2, 0) is 4.74 Å². The predicted molar refractivity (Wildman–Crippen MR) is 83.3 cm³/mol. The second-order valence-corrected chi connectivity index (χ2v) is 4.78. The van der Waals surface area contributed by atoms with Crippen molar-refractivity contribution in [2.75, 3.05) is 7.11 Å². The third-order valence-corrected chi connectivity index (χ3v) is 3.47. The van der Waals surface area contributed by atoms with E-state index in [1.54, 1.807) is 42.5 Å². The molecule has 0 saturated carbocycles. The summed E-state index contributed by atoms with van der Waals surface area (Å²) in [6, 6.07) is 13.3. The molecule has 0 amide bonds. The lowest BCUT2D eigenvalue weighted by atomic mass is 9.98. The van der Waals surface area contributed by atoms with E-state index < -0.39 is 11.9 Å². The Bertz CT molecular complexity index is 921. The number of nitrogens with zero attached hydrogens (tertiary/aromatic N) is 2. The number of hydrogen-bond acceptors (Lipinski definition) is 5. The van der Waals surface area contributed by atoms with E-state index in [1.807, 2.05) is 0 Å². The Morgan fingerprint density at radius 3 is 2.43 bits per heavy atom. The Hall–Kier alpha value is -3.28. The number of carbonyl (C=O) groups excluding carboxylic acids is 1. The van der Waals surface area contributed by atoms with Gasteiger partial charge in [-0.2, -0.15) is 0 Å². The number of hydrogen-bond donors (Lipinski definition) is 1. The van der Waals surface area contributed by atoms with Gasteiger partial charge in [0.05, 0.1) is 23.8 Å². The average Bonchev–Trinajstić information content (AvgIpc) is 2.60. The van der Waals surface area contributed by atoms with E-state index in [0.717, 1.165) is 0 Å². The Morgan fingerprint density at radius 1 is 1.00 bits per heavy atom. The monoisotopic (exact) mass is 308 g/mol. The second-order valence-electron chi connectivity index (χ2n) is 4.78. The van der Waals surface area contributed by atoms with E-state index in [0.29, 0.717) is 16.5 Å². The summed E-state index contributed by atoms with van der Waals surface area (Å²) >= 11 is 0. The lowest BCUT2D eigenvalue weighted by Crippen LogP contribution is -2.09. The maximum absolute atomic E-state index is 12.3. The topological polar surface area (TPSA) is 89.4 Å². The molecule has 1 N–H and O–H groups in total. The van der Waals surface area contributed by atoms with Gasteiger partial charge in [0, 0.05) is 10.9 Å². The predicted octanol–water partition coefficient (Wildman–Crippen LogP) is 2.78. The van der Waals surface area contributed by atoms with Crippen LogP contribution in [0.25, 0.3) is 22.2 Å². The van der Waals surface area contributed by atoms with E-state index in [4.69, 9.17) is 4.74 Å². The van der Waals surface area contributed by atoms with Gasteiger partial charge in [0.2, 0.25) is 0 Å². The first-order chi connectivity index (χ1) is 11.1. The molecule has 0 fully saturated rings. The highest BCUT2D eigenvalue weighted by Gasteiger charge is 2.23. The first-order valence-electron chi connectivity index (χ1n) is 6.80. The smallest absolute Gasteiger partial charge is 0.340 e. The molecule has 0 atom stereocenters. The van der Waals surface area contributed by atoms with Crippen LogP contribution in [0.15, 0.2) is 48.5 Å². The molecule has 6 heteroatoms. The number of methoxy groups -OCH3 is 1. The average molecular weight is 308 g/mol. The van der Waals surface area contributed by atoms with E-state index >= 15 is 0 Å². The molecule has 0 spiro atoms. The van der Waals surface area contributed by atoms with E-state index in [9.17, 15) is 14.7 Å². The van der Waals surface area contributed by atoms with Crippen molar-refractivity contribution >= 4 is 22.8 Å². The summed E-state index contributed by atoms with van der Waals surface area (Å²) in [6.07, 6.45) is 0. The lowest BCUT2D eigenvalue weighted by molar-refractivity contribution is 0.0601. The first-order valence-corrected chi connectivity index (χ1v) is 6.80. The van der Waals surface area contributed by atoms with E-state index in [1.165, 1.54) is 13.2 Å². The number of rotatable bonds is 3. The normalized spacial score (nSPS) is 10.5. The van der Waals surface area contributed by atoms with Crippen LogP contribution in [0, 0.1) is 0 Å². The molecule has 6 nitrogen and oxygen atoms in total. The molecule has 0 aliphatic rings. The van der Waals surface area contributed by atoms with Crippen LogP contribution in [-0.4, -0.2) is 34.4 Å². The third kappa shape index (κ3) is 2.50. The lowest BCUT2D eigenvalue weighted by Gasteiger charge is -2.11. The number of benzene rings is 2. The highest BCUT2D eigenvalue weighted by atomic mass is 16.5. The molecule has 3 aromatic rings. The summed E-state index contributed by atoms with van der Waals surface area (Å²) in [4.78, 5) is 23.7. The van der Waals surface area contributed by atoms with Gasteiger partial charge in [0.15, 0.2) is 0 Å². The summed E-state index contributed by atoms with van der Waals surface area (Å²) in [7, 11) is 1.27. The van der Waals surface area contributed by atoms with Crippen molar-refractivity contribution < 1.29 is 19.4 Å². The molecule has 1 aromatic heterocycles. The first kappa shape index (κ1) is 14.6. The number of aromatic carboxylic acids is 1. The van der Waals surface area contributed by atoms with Gasteiger partial charge in [-0.25, -0.2) is 9.59 Å². The number of carbonyl (C=O) groups is 2. The number of carboxylic acid groups (broad SMARTS) is 1. The van der Waals surface area contributed by atoms with Crippen molar-refractivity contribution in [3.05, 3.63) is 59.7 Å². The van der Waals surface area contributed by atoms with Crippen LogP contribution < -0.4 is 0 Å². The van der Waals surface area contributed by atoms with Crippen LogP contribution in [0.3, 0.4) is 0 Å². The Kier molecular flexibility index (Phi) is 3.72. The zero-order chi connectivity index (χ0) is 16.4. The van der Waals surface area contributed by atoms with Crippen LogP contribution in [0.2, 0.25) is 0 Å². The molecule has 0 aliphatic carbocycles. The fourth-order valence-corrected chi connectivity index (χ4v) is 2.43. The standard InChI is InChI=1S/C17H12N2O4/c1-23-17(22)14-12-8-4-5-9-13(12)18-19-15(14)10-6-2-3-7-11(10)16(20)21/h2-9H,1H3,(H,20,21). The molecule has 2 aromatic carbocycles. The quantitative estimate of drug-likeness (QED) is 0.748. The molecule has 0 aliphatic heterocycles. The molecule has 114 valence electrons. The number of aromatic nitrogens is 2. The highest BCUT2D eigenvalue weighted by molar-refractivity contribution is 6.09. The van der Waals surface area contributed by atoms with Crippen LogP contribution in [0.5, 0.6) is 0 Å². The fourth-order valence-electron chi connectivity index (χ4n) is 2.43. The van der Waals surface area contributed by atoms with Crippen molar-refractivity contribution in [2.45, 2.75) is 0 Å². The molecule has 1 heterocycles. The summed E-state index contributed by atoms with van der Waals surface area (Å²) < 4.78 is 4.85. The molecule has 0 radical (unpaired) electrons. The maximum atomic E-state index is 12.3. The molecular formula is C17H12N2O4. The second kappa shape index (κ2) is 5.84. The minimum atomic E-state index is -1.11. The maximum Gasteiger partial charge on any atom is 0.340 e. The fraction of sp³-hybridized carbons (Fsp3) is 0.0588. The number of ether oxygens (including phenoxy) is 1. The van der Waals surface area contributed by atoms with Crippen LogP contribution >= 0.6 is 0 Å². The summed E-state index contributed by atoms with van der Waals surface area (Å²) in [5, 5.41) is 18.1. The molecule has 3 rings (SSSR count). The molecular weight excluding hydrogens is 296 g/mol. The zero-order valence-corrected chi connectivity index (χ0v) is 12.2. The van der Waals surface area contributed by atoms with Crippen molar-refractivity contribution in [3.8, 4) is 11.3 Å². The van der Waals surface area contributed by atoms with Gasteiger partial charge >= 0.3 is 11.9 Å². The van der Waals surface area contributed by atoms with Gasteiger partial charge in [0.1, 0.15) is 5.69 Å². The molecule has 0 saturated heterocycles. The largest absolute Gasteiger partial charge is 0.478 e. The van der Waals surface area contributed by atoms with Crippen molar-refractivity contribution in [1.82, 2.24) is 10.2 Å². The molecule has 0 unspecified atom stereocenters. The molecule has 0 bridgehead atoms. The van der Waals surface area contributed by atoms with Gasteiger partial charge in [-0.1, -0.05) is 36.4 Å². The van der Waals surface area contributed by atoms with E-state index in [-0.39, 0.29) is 16.8 Å². The van der Waals surface area contributed by atoms with E-state index in [2.05, 4.69) is 10.2 Å². The van der Waals surface area contributed by atoms with Gasteiger partial charge in [0.25, 0.3) is 0 Å². The minimum absolute atomic E-state index is 0.0437. The van der Waals surface area contributed by atoms with Crippen LogP contribution in [0.1, 0.15) is 20.7 Å². The number of carboxylic acids is 1. The van der Waals surface area contributed by atoms with Crippen LogP contribution in [0.4, 0.5) is 0 Å². The van der Waals surface area contributed by atoms with Gasteiger partial charge in [-0.15, -0.1) is 10.2 Å². The minimum Gasteiger partial charge on any atom is -0.478 e. The Morgan fingerprint density at radius 2 is 1.70 bits per heavy atom. The zero-order valence-electron chi connectivity index (χ0n) is 12.2. The van der Waals surface area contributed by atoms with Gasteiger partial charge in [-0.05, 0) is 12.1 Å². The van der Waals surface area contributed by atoms with Crippen molar-refractivity contribution in [2.24, 2.45) is 0 Å². The Labute approximate surface area is 131 Å². The summed E-state index contributed by atoms with van der Waals surface area (Å²) in [5.41, 5.74) is 1.28. The van der Waals surface area contributed by atoms with Gasteiger partial charge < -0.3 is 9.84 Å². The van der Waals surface area contributed by atoms with Crippen molar-refractivity contribution in [3.63, 3.8) is 0 Å². The number of esters is 1.